The predicted octanol–water partition coefficient (Wildman–Crippen LogP) is 4.46. The molecule has 2 aliphatic rings. The second-order valence-corrected chi connectivity index (χ2v) is 9.16. The van der Waals surface area contributed by atoms with Crippen molar-refractivity contribution in [3.63, 3.8) is 0 Å². The number of carbonyl (C=O) groups excluding carboxylic acids is 1. The summed E-state index contributed by atoms with van der Waals surface area (Å²) in [5.74, 6) is 0.121. The van der Waals surface area contributed by atoms with E-state index < -0.39 is 17.6 Å². The van der Waals surface area contributed by atoms with Crippen molar-refractivity contribution in [1.82, 2.24) is 10.2 Å². The molecule has 0 atom stereocenters. The summed E-state index contributed by atoms with van der Waals surface area (Å²) in [6, 6.07) is 2.88. The Labute approximate surface area is 193 Å². The molecule has 1 N–H and O–H groups in total. The molecule has 0 radical (unpaired) electrons. The van der Waals surface area contributed by atoms with E-state index in [2.05, 4.69) is 10.2 Å². The van der Waals surface area contributed by atoms with Gasteiger partial charge in [0.1, 0.15) is 5.82 Å². The van der Waals surface area contributed by atoms with Crippen LogP contribution in [0.4, 0.5) is 23.2 Å². The second kappa shape index (κ2) is 12.0. The fraction of sp³-hybridized carbons (Fsp3) is 0.708. The Hall–Kier alpha value is -1.87. The maximum Gasteiger partial charge on any atom is 0.416 e. The lowest BCUT2D eigenvalue weighted by atomic mass is 9.84. The Kier molecular flexibility index (Phi) is 9.37. The molecule has 0 spiro atoms. The van der Waals surface area contributed by atoms with E-state index in [1.165, 1.54) is 0 Å². The van der Waals surface area contributed by atoms with Crippen LogP contribution in [0.15, 0.2) is 18.2 Å². The lowest BCUT2D eigenvalue weighted by molar-refractivity contribution is -0.137. The SMILES string of the molecule is COCCCC(=O)N[C@H]1CC[C@H](CCN2CCN(c3cc(C(F)(F)F)ccc3F)CC2)CC1. The molecule has 0 bridgehead atoms. The Morgan fingerprint density at radius 2 is 1.82 bits per heavy atom. The van der Waals surface area contributed by atoms with Gasteiger partial charge in [0.2, 0.25) is 5.91 Å². The molecule has 1 aliphatic carbocycles. The molecule has 1 saturated carbocycles. The van der Waals surface area contributed by atoms with E-state index in [-0.39, 0.29) is 17.6 Å². The Balaban J connectivity index is 1.36. The lowest BCUT2D eigenvalue weighted by Crippen LogP contribution is -2.47. The van der Waals surface area contributed by atoms with Crippen molar-refractivity contribution in [2.75, 3.05) is 51.3 Å². The van der Waals surface area contributed by atoms with Gasteiger partial charge in [0, 0.05) is 52.4 Å². The van der Waals surface area contributed by atoms with Crippen LogP contribution in [0.1, 0.15) is 50.5 Å². The Morgan fingerprint density at radius 3 is 2.45 bits per heavy atom. The smallest absolute Gasteiger partial charge is 0.385 e. The molecule has 9 heteroatoms. The Morgan fingerprint density at radius 1 is 1.12 bits per heavy atom. The van der Waals surface area contributed by atoms with E-state index in [4.69, 9.17) is 4.74 Å². The molecule has 186 valence electrons. The number of halogens is 4. The molecule has 0 unspecified atom stereocenters. The minimum absolute atomic E-state index is 0.0343. The first-order valence-electron chi connectivity index (χ1n) is 11.9. The van der Waals surface area contributed by atoms with Gasteiger partial charge in [-0.25, -0.2) is 4.39 Å². The van der Waals surface area contributed by atoms with Crippen LogP contribution in [0.2, 0.25) is 0 Å². The number of nitrogens with one attached hydrogen (secondary N) is 1. The molecule has 3 rings (SSSR count). The molecule has 1 amide bonds. The van der Waals surface area contributed by atoms with Crippen LogP contribution in [0, 0.1) is 11.7 Å². The van der Waals surface area contributed by atoms with Gasteiger partial charge in [-0.2, -0.15) is 13.2 Å². The third-order valence-electron chi connectivity index (χ3n) is 6.80. The van der Waals surface area contributed by atoms with Crippen molar-refractivity contribution in [3.8, 4) is 0 Å². The summed E-state index contributed by atoms with van der Waals surface area (Å²) in [7, 11) is 1.63. The zero-order valence-corrected chi connectivity index (χ0v) is 19.3. The van der Waals surface area contributed by atoms with Crippen molar-refractivity contribution in [1.29, 1.82) is 0 Å². The number of methoxy groups -OCH3 is 1. The number of ether oxygens (including phenoxy) is 1. The summed E-state index contributed by atoms with van der Waals surface area (Å²) in [6.45, 7) is 3.99. The van der Waals surface area contributed by atoms with Crippen molar-refractivity contribution in [2.24, 2.45) is 5.92 Å². The average Bonchev–Trinajstić information content (AvgIpc) is 2.79. The highest BCUT2D eigenvalue weighted by Gasteiger charge is 2.32. The van der Waals surface area contributed by atoms with E-state index in [9.17, 15) is 22.4 Å². The fourth-order valence-corrected chi connectivity index (χ4v) is 4.78. The van der Waals surface area contributed by atoms with Gasteiger partial charge >= 0.3 is 6.18 Å². The maximum absolute atomic E-state index is 14.2. The third-order valence-corrected chi connectivity index (χ3v) is 6.80. The van der Waals surface area contributed by atoms with Crippen LogP contribution in [-0.2, 0) is 15.7 Å². The van der Waals surface area contributed by atoms with Crippen molar-refractivity contribution >= 4 is 11.6 Å². The third kappa shape index (κ3) is 7.84. The molecular weight excluding hydrogens is 438 g/mol. The number of benzene rings is 1. The van der Waals surface area contributed by atoms with Crippen molar-refractivity contribution in [3.05, 3.63) is 29.6 Å². The summed E-state index contributed by atoms with van der Waals surface area (Å²) < 4.78 is 58.1. The second-order valence-electron chi connectivity index (χ2n) is 9.16. The van der Waals surface area contributed by atoms with Gasteiger partial charge in [0.15, 0.2) is 0 Å². The number of carbonyl (C=O) groups is 1. The summed E-state index contributed by atoms with van der Waals surface area (Å²) >= 11 is 0. The lowest BCUT2D eigenvalue weighted by Gasteiger charge is -2.37. The van der Waals surface area contributed by atoms with E-state index in [1.54, 1.807) is 12.0 Å². The first-order chi connectivity index (χ1) is 15.8. The van der Waals surface area contributed by atoms with E-state index in [0.717, 1.165) is 63.3 Å². The standard InChI is InChI=1S/C24H35F4N3O2/c1-33-16-2-3-23(32)29-20-7-4-18(5-8-20)10-11-30-12-14-31(15-13-30)22-17-19(24(26,27)28)6-9-21(22)25/h6,9,17-18,20H,2-5,7-8,10-16H2,1H3,(H,29,32)/t18-,20-. The molecule has 0 aromatic heterocycles. The first kappa shape index (κ1) is 25.7. The van der Waals surface area contributed by atoms with Gasteiger partial charge in [0.05, 0.1) is 11.3 Å². The average molecular weight is 474 g/mol. The molecular formula is C24H35F4N3O2. The molecule has 2 fully saturated rings. The highest BCUT2D eigenvalue weighted by molar-refractivity contribution is 5.76. The van der Waals surface area contributed by atoms with Crippen LogP contribution in [0.25, 0.3) is 0 Å². The number of nitrogens with zero attached hydrogens (tertiary/aromatic N) is 2. The highest BCUT2D eigenvalue weighted by atomic mass is 19.4. The van der Waals surface area contributed by atoms with Crippen LogP contribution in [0.3, 0.4) is 0 Å². The summed E-state index contributed by atoms with van der Waals surface area (Å²) in [5.41, 5.74) is -0.782. The highest BCUT2D eigenvalue weighted by Crippen LogP contribution is 2.33. The number of rotatable bonds is 9. The van der Waals surface area contributed by atoms with Gasteiger partial charge in [-0.05, 0) is 69.2 Å². The fourth-order valence-electron chi connectivity index (χ4n) is 4.78. The molecule has 33 heavy (non-hydrogen) atoms. The zero-order chi connectivity index (χ0) is 23.8. The van der Waals surface area contributed by atoms with Gasteiger partial charge in [-0.3, -0.25) is 9.69 Å². The van der Waals surface area contributed by atoms with Crippen LogP contribution in [0.5, 0.6) is 0 Å². The normalized spacial score (nSPS) is 22.4. The minimum Gasteiger partial charge on any atom is -0.385 e. The van der Waals surface area contributed by atoms with Gasteiger partial charge in [-0.15, -0.1) is 0 Å². The number of hydrogen-bond donors (Lipinski definition) is 1. The van der Waals surface area contributed by atoms with Crippen molar-refractivity contribution in [2.45, 2.75) is 57.2 Å². The van der Waals surface area contributed by atoms with Gasteiger partial charge in [0.25, 0.3) is 0 Å². The number of hydrogen-bond acceptors (Lipinski definition) is 4. The topological polar surface area (TPSA) is 44.8 Å². The summed E-state index contributed by atoms with van der Waals surface area (Å²) in [5, 5.41) is 3.13. The molecule has 1 aromatic rings. The summed E-state index contributed by atoms with van der Waals surface area (Å²) in [4.78, 5) is 16.0. The first-order valence-corrected chi connectivity index (χ1v) is 11.9. The van der Waals surface area contributed by atoms with E-state index in [1.807, 2.05) is 0 Å². The monoisotopic (exact) mass is 473 g/mol. The van der Waals surface area contributed by atoms with E-state index >= 15 is 0 Å². The molecule has 5 nitrogen and oxygen atoms in total. The largest absolute Gasteiger partial charge is 0.416 e. The number of anilines is 1. The van der Waals surface area contributed by atoms with Gasteiger partial charge < -0.3 is 15.0 Å². The molecule has 1 saturated heterocycles. The quantitative estimate of drug-likeness (QED) is 0.425. The number of alkyl halides is 3. The molecule has 1 aliphatic heterocycles. The zero-order valence-electron chi connectivity index (χ0n) is 19.3. The minimum atomic E-state index is -4.48. The van der Waals surface area contributed by atoms with Crippen molar-refractivity contribution < 1.29 is 27.1 Å². The Bertz CT molecular complexity index is 759. The van der Waals surface area contributed by atoms with Gasteiger partial charge in [-0.1, -0.05) is 0 Å². The molecule has 1 aromatic carbocycles. The predicted molar refractivity (Wildman–Crippen MR) is 120 cm³/mol. The van der Waals surface area contributed by atoms with Crippen LogP contribution in [-0.4, -0.2) is 63.3 Å². The maximum atomic E-state index is 14.2. The number of piperazine rings is 1. The molecule has 1 heterocycles. The van der Waals surface area contributed by atoms with Crippen LogP contribution < -0.4 is 10.2 Å². The number of amides is 1. The van der Waals surface area contributed by atoms with Crippen LogP contribution >= 0.6 is 0 Å². The summed E-state index contributed by atoms with van der Waals surface area (Å²) in [6.07, 6.45) is 2.04. The van der Waals surface area contributed by atoms with E-state index in [0.29, 0.717) is 45.1 Å².